The Bertz CT molecular complexity index is 643. The van der Waals surface area contributed by atoms with Gasteiger partial charge in [0.15, 0.2) is 11.6 Å². The SMILES string of the molecule is COc1ccc(CN(C)S(=O)(=O)N2C[C@@H](C)O[C@H](C)C2)cc1F. The van der Waals surface area contributed by atoms with E-state index in [2.05, 4.69) is 0 Å². The summed E-state index contributed by atoms with van der Waals surface area (Å²) in [4.78, 5) is 0. The lowest BCUT2D eigenvalue weighted by Crippen LogP contribution is -2.52. The van der Waals surface area contributed by atoms with Crippen LogP contribution in [0, 0.1) is 5.82 Å². The zero-order valence-electron chi connectivity index (χ0n) is 13.8. The van der Waals surface area contributed by atoms with Crippen LogP contribution < -0.4 is 4.74 Å². The summed E-state index contributed by atoms with van der Waals surface area (Å²) in [5.41, 5.74) is 0.559. The number of rotatable bonds is 5. The van der Waals surface area contributed by atoms with Crippen molar-refractivity contribution in [3.05, 3.63) is 29.6 Å². The molecule has 1 fully saturated rings. The van der Waals surface area contributed by atoms with Crippen LogP contribution in [-0.2, 0) is 21.5 Å². The summed E-state index contributed by atoms with van der Waals surface area (Å²) in [6, 6.07) is 4.43. The Morgan fingerprint density at radius 2 is 1.96 bits per heavy atom. The number of nitrogens with zero attached hydrogens (tertiary/aromatic N) is 2. The molecule has 0 aromatic heterocycles. The van der Waals surface area contributed by atoms with E-state index in [9.17, 15) is 12.8 Å². The molecular formula is C15H23FN2O4S. The van der Waals surface area contributed by atoms with E-state index in [1.165, 1.54) is 34.9 Å². The van der Waals surface area contributed by atoms with Crippen molar-refractivity contribution < 1.29 is 22.3 Å². The zero-order chi connectivity index (χ0) is 17.2. The van der Waals surface area contributed by atoms with Crippen LogP contribution >= 0.6 is 0 Å². The van der Waals surface area contributed by atoms with E-state index in [-0.39, 0.29) is 24.5 Å². The standard InChI is InChI=1S/C15H23FN2O4S/c1-11-8-18(9-12(2)22-11)23(19,20)17(3)10-13-5-6-15(21-4)14(16)7-13/h5-7,11-12H,8-10H2,1-4H3/t11-,12-/m1/s1. The van der Waals surface area contributed by atoms with Gasteiger partial charge in [-0.3, -0.25) is 0 Å². The molecule has 130 valence electrons. The third kappa shape index (κ3) is 4.20. The monoisotopic (exact) mass is 346 g/mol. The zero-order valence-corrected chi connectivity index (χ0v) is 14.6. The van der Waals surface area contributed by atoms with Crippen molar-refractivity contribution in [2.75, 3.05) is 27.2 Å². The normalized spacial score (nSPS) is 23.2. The van der Waals surface area contributed by atoms with E-state index in [1.807, 2.05) is 13.8 Å². The van der Waals surface area contributed by atoms with E-state index in [0.717, 1.165) is 0 Å². The Morgan fingerprint density at radius 3 is 2.48 bits per heavy atom. The first-order valence-electron chi connectivity index (χ1n) is 7.43. The van der Waals surface area contributed by atoms with Crippen molar-refractivity contribution in [1.29, 1.82) is 0 Å². The number of hydrogen-bond donors (Lipinski definition) is 0. The Kier molecular flexibility index (Phi) is 5.61. The fraction of sp³-hybridized carbons (Fsp3) is 0.600. The molecule has 1 aromatic rings. The van der Waals surface area contributed by atoms with E-state index < -0.39 is 16.0 Å². The fourth-order valence-corrected chi connectivity index (χ4v) is 4.17. The molecule has 1 aliphatic heterocycles. The predicted molar refractivity (Wildman–Crippen MR) is 84.9 cm³/mol. The fourth-order valence-electron chi connectivity index (χ4n) is 2.66. The minimum Gasteiger partial charge on any atom is -0.494 e. The van der Waals surface area contributed by atoms with Gasteiger partial charge in [0.1, 0.15) is 0 Å². The lowest BCUT2D eigenvalue weighted by Gasteiger charge is -2.36. The summed E-state index contributed by atoms with van der Waals surface area (Å²) in [7, 11) is -0.749. The molecule has 0 aliphatic carbocycles. The summed E-state index contributed by atoms with van der Waals surface area (Å²) in [5.74, 6) is -0.375. The number of ether oxygens (including phenoxy) is 2. The molecule has 1 saturated heterocycles. The summed E-state index contributed by atoms with van der Waals surface area (Å²) in [6.07, 6.45) is -0.305. The maximum Gasteiger partial charge on any atom is 0.282 e. The molecule has 8 heteroatoms. The average molecular weight is 346 g/mol. The van der Waals surface area contributed by atoms with E-state index >= 15 is 0 Å². The largest absolute Gasteiger partial charge is 0.494 e. The Morgan fingerprint density at radius 1 is 1.35 bits per heavy atom. The number of halogens is 1. The quantitative estimate of drug-likeness (QED) is 0.813. The van der Waals surface area contributed by atoms with Gasteiger partial charge in [-0.05, 0) is 31.5 Å². The van der Waals surface area contributed by atoms with Crippen LogP contribution in [-0.4, -0.2) is 56.5 Å². The summed E-state index contributed by atoms with van der Waals surface area (Å²) >= 11 is 0. The molecule has 1 aromatic carbocycles. The average Bonchev–Trinajstić information content (AvgIpc) is 2.46. The highest BCUT2D eigenvalue weighted by Crippen LogP contribution is 2.21. The number of morpholine rings is 1. The maximum atomic E-state index is 13.7. The Balaban J connectivity index is 2.12. The third-order valence-electron chi connectivity index (χ3n) is 3.73. The van der Waals surface area contributed by atoms with Gasteiger partial charge in [0.05, 0.1) is 19.3 Å². The topological polar surface area (TPSA) is 59.1 Å². The predicted octanol–water partition coefficient (Wildman–Crippen LogP) is 1.62. The molecule has 2 atom stereocenters. The summed E-state index contributed by atoms with van der Waals surface area (Å²) in [5, 5.41) is 0. The first-order valence-corrected chi connectivity index (χ1v) is 8.83. The van der Waals surface area contributed by atoms with Crippen molar-refractivity contribution in [3.8, 4) is 5.75 Å². The molecule has 0 spiro atoms. The second kappa shape index (κ2) is 7.12. The number of benzene rings is 1. The van der Waals surface area contributed by atoms with Crippen LogP contribution in [0.2, 0.25) is 0 Å². The molecule has 0 N–H and O–H groups in total. The molecule has 0 bridgehead atoms. The molecule has 0 saturated carbocycles. The van der Waals surface area contributed by atoms with Crippen LogP contribution in [0.1, 0.15) is 19.4 Å². The first kappa shape index (κ1) is 18.1. The Hall–Kier alpha value is -1.22. The number of hydrogen-bond acceptors (Lipinski definition) is 4. The summed E-state index contributed by atoms with van der Waals surface area (Å²) in [6.45, 7) is 4.40. The van der Waals surface area contributed by atoms with Gasteiger partial charge in [0.25, 0.3) is 10.2 Å². The second-order valence-corrected chi connectivity index (χ2v) is 7.84. The first-order chi connectivity index (χ1) is 10.7. The van der Waals surface area contributed by atoms with Crippen molar-refractivity contribution in [1.82, 2.24) is 8.61 Å². The van der Waals surface area contributed by atoms with Crippen molar-refractivity contribution in [2.24, 2.45) is 0 Å². The summed E-state index contributed by atoms with van der Waals surface area (Å²) < 4.78 is 52.1. The number of methoxy groups -OCH3 is 1. The molecule has 2 rings (SSSR count). The minimum atomic E-state index is -3.62. The maximum absolute atomic E-state index is 13.7. The molecule has 0 unspecified atom stereocenters. The van der Waals surface area contributed by atoms with Gasteiger partial charge in [-0.2, -0.15) is 17.0 Å². The van der Waals surface area contributed by atoms with Crippen LogP contribution in [0.5, 0.6) is 5.75 Å². The molecule has 1 heterocycles. The van der Waals surface area contributed by atoms with E-state index in [1.54, 1.807) is 6.07 Å². The van der Waals surface area contributed by atoms with Gasteiger partial charge in [-0.1, -0.05) is 6.07 Å². The third-order valence-corrected chi connectivity index (χ3v) is 5.60. The van der Waals surface area contributed by atoms with Gasteiger partial charge in [0, 0.05) is 26.7 Å². The van der Waals surface area contributed by atoms with Crippen LogP contribution in [0.25, 0.3) is 0 Å². The lowest BCUT2D eigenvalue weighted by molar-refractivity contribution is -0.0453. The molecule has 6 nitrogen and oxygen atoms in total. The van der Waals surface area contributed by atoms with Crippen LogP contribution in [0.3, 0.4) is 0 Å². The molecule has 0 amide bonds. The highest BCUT2D eigenvalue weighted by molar-refractivity contribution is 7.86. The van der Waals surface area contributed by atoms with Crippen molar-refractivity contribution >= 4 is 10.2 Å². The van der Waals surface area contributed by atoms with Gasteiger partial charge in [0.2, 0.25) is 0 Å². The molecule has 0 radical (unpaired) electrons. The van der Waals surface area contributed by atoms with E-state index in [4.69, 9.17) is 9.47 Å². The van der Waals surface area contributed by atoms with Gasteiger partial charge >= 0.3 is 0 Å². The molecule has 23 heavy (non-hydrogen) atoms. The van der Waals surface area contributed by atoms with E-state index in [0.29, 0.717) is 18.7 Å². The van der Waals surface area contributed by atoms with Crippen molar-refractivity contribution in [3.63, 3.8) is 0 Å². The van der Waals surface area contributed by atoms with Crippen molar-refractivity contribution in [2.45, 2.75) is 32.6 Å². The van der Waals surface area contributed by atoms with Crippen LogP contribution in [0.4, 0.5) is 4.39 Å². The molecule has 1 aliphatic rings. The van der Waals surface area contributed by atoms with Gasteiger partial charge < -0.3 is 9.47 Å². The van der Waals surface area contributed by atoms with Crippen LogP contribution in [0.15, 0.2) is 18.2 Å². The highest BCUT2D eigenvalue weighted by Gasteiger charge is 2.33. The minimum absolute atomic E-state index is 0.0867. The lowest BCUT2D eigenvalue weighted by atomic mass is 10.2. The molecular weight excluding hydrogens is 323 g/mol. The van der Waals surface area contributed by atoms with Gasteiger partial charge in [-0.15, -0.1) is 0 Å². The van der Waals surface area contributed by atoms with Gasteiger partial charge in [-0.25, -0.2) is 4.39 Å². The second-order valence-electron chi connectivity index (χ2n) is 5.81. The highest BCUT2D eigenvalue weighted by atomic mass is 32.2. The smallest absolute Gasteiger partial charge is 0.282 e. The Labute approximate surface area is 137 Å².